The molecule has 0 aromatic heterocycles. The van der Waals surface area contributed by atoms with Gasteiger partial charge in [0.15, 0.2) is 5.96 Å². The van der Waals surface area contributed by atoms with E-state index < -0.39 is 0 Å². The fraction of sp³-hybridized carbons (Fsp3) is 0.818. The Morgan fingerprint density at radius 2 is 2.18 bits per heavy atom. The molecule has 1 unspecified atom stereocenters. The number of hydrogen-bond acceptors (Lipinski definition) is 2. The Balaban J connectivity index is 0.00000256. The van der Waals surface area contributed by atoms with Crippen molar-refractivity contribution < 1.29 is 4.79 Å². The van der Waals surface area contributed by atoms with Crippen molar-refractivity contribution in [2.24, 2.45) is 4.99 Å². The van der Waals surface area contributed by atoms with Gasteiger partial charge in [0.05, 0.1) is 0 Å². The molecule has 0 aliphatic carbocycles. The molecular formula is C11H23IN4O. The highest BCUT2D eigenvalue weighted by Gasteiger charge is 2.25. The van der Waals surface area contributed by atoms with Crippen LogP contribution >= 0.6 is 24.0 Å². The van der Waals surface area contributed by atoms with Gasteiger partial charge in [0, 0.05) is 39.1 Å². The third-order valence-corrected chi connectivity index (χ3v) is 2.75. The van der Waals surface area contributed by atoms with Crippen molar-refractivity contribution in [3.63, 3.8) is 0 Å². The zero-order valence-corrected chi connectivity index (χ0v) is 13.2. The lowest BCUT2D eigenvalue weighted by atomic mass is 10.3. The summed E-state index contributed by atoms with van der Waals surface area (Å²) in [5, 5.41) is 6.47. The molecule has 1 rings (SSSR count). The third-order valence-electron chi connectivity index (χ3n) is 2.75. The van der Waals surface area contributed by atoms with Gasteiger partial charge in [-0.25, -0.2) is 0 Å². The number of likely N-dealkylation sites (tertiary alicyclic amines) is 1. The van der Waals surface area contributed by atoms with Crippen molar-refractivity contribution in [3.05, 3.63) is 0 Å². The molecule has 0 aromatic rings. The van der Waals surface area contributed by atoms with Gasteiger partial charge >= 0.3 is 0 Å². The van der Waals surface area contributed by atoms with Crippen molar-refractivity contribution in [1.82, 2.24) is 15.5 Å². The van der Waals surface area contributed by atoms with Crippen LogP contribution in [-0.2, 0) is 4.79 Å². The van der Waals surface area contributed by atoms with E-state index in [1.807, 2.05) is 18.7 Å². The lowest BCUT2D eigenvalue weighted by molar-refractivity contribution is -0.129. The van der Waals surface area contributed by atoms with E-state index >= 15 is 0 Å². The molecule has 1 fully saturated rings. The van der Waals surface area contributed by atoms with E-state index in [1.54, 1.807) is 7.05 Å². The number of guanidine groups is 1. The fourth-order valence-electron chi connectivity index (χ4n) is 1.88. The molecule has 5 nitrogen and oxygen atoms in total. The smallest absolute Gasteiger partial charge is 0.222 e. The maximum absolute atomic E-state index is 11.5. The number of halogens is 1. The molecule has 2 N–H and O–H groups in total. The maximum Gasteiger partial charge on any atom is 0.222 e. The lowest BCUT2D eigenvalue weighted by Crippen LogP contribution is -2.44. The summed E-state index contributed by atoms with van der Waals surface area (Å²) in [6.07, 6.45) is 1.59. The number of hydrogen-bond donors (Lipinski definition) is 2. The Bertz CT molecular complexity index is 270. The molecule has 1 saturated heterocycles. The molecule has 1 amide bonds. The van der Waals surface area contributed by atoms with E-state index in [1.165, 1.54) is 0 Å². The number of aliphatic imine (C=N–C) groups is 1. The van der Waals surface area contributed by atoms with E-state index in [2.05, 4.69) is 15.6 Å². The first-order chi connectivity index (χ1) is 7.71. The second kappa shape index (κ2) is 8.54. The fourth-order valence-corrected chi connectivity index (χ4v) is 1.88. The molecule has 1 atom stereocenters. The van der Waals surface area contributed by atoms with Crippen molar-refractivity contribution in [1.29, 1.82) is 0 Å². The Morgan fingerprint density at radius 3 is 2.71 bits per heavy atom. The van der Waals surface area contributed by atoms with Crippen LogP contribution in [0, 0.1) is 0 Å². The van der Waals surface area contributed by atoms with Crippen molar-refractivity contribution >= 4 is 35.8 Å². The monoisotopic (exact) mass is 354 g/mol. The zero-order chi connectivity index (χ0) is 12.0. The second-order valence-electron chi connectivity index (χ2n) is 3.93. The minimum atomic E-state index is 0. The van der Waals surface area contributed by atoms with E-state index in [9.17, 15) is 4.79 Å². The minimum absolute atomic E-state index is 0. The SMILES string of the molecule is CCNC(=NC)NC1CCN(C(=O)CC)C1.I. The molecule has 0 spiro atoms. The van der Waals surface area contributed by atoms with Gasteiger partial charge in [0.2, 0.25) is 5.91 Å². The predicted molar refractivity (Wildman–Crippen MR) is 80.9 cm³/mol. The molecule has 1 aliphatic rings. The van der Waals surface area contributed by atoms with Crippen LogP contribution in [0.5, 0.6) is 0 Å². The Labute approximate surface area is 120 Å². The van der Waals surface area contributed by atoms with Gasteiger partial charge < -0.3 is 15.5 Å². The quantitative estimate of drug-likeness (QED) is 0.448. The summed E-state index contributed by atoms with van der Waals surface area (Å²) in [7, 11) is 1.76. The average Bonchev–Trinajstić information content (AvgIpc) is 2.76. The summed E-state index contributed by atoms with van der Waals surface area (Å²) in [5.74, 6) is 1.06. The first kappa shape index (κ1) is 16.5. The van der Waals surface area contributed by atoms with Gasteiger partial charge in [-0.05, 0) is 13.3 Å². The average molecular weight is 354 g/mol. The highest BCUT2D eigenvalue weighted by Crippen LogP contribution is 2.10. The molecule has 0 aromatic carbocycles. The van der Waals surface area contributed by atoms with Crippen LogP contribution in [-0.4, -0.2) is 49.5 Å². The van der Waals surface area contributed by atoms with Crippen LogP contribution in [0.25, 0.3) is 0 Å². The van der Waals surface area contributed by atoms with Crippen LogP contribution in [0.2, 0.25) is 0 Å². The number of amides is 1. The Kier molecular flexibility index (Phi) is 8.28. The second-order valence-corrected chi connectivity index (χ2v) is 3.93. The number of nitrogens with one attached hydrogen (secondary N) is 2. The number of nitrogens with zero attached hydrogens (tertiary/aromatic N) is 2. The number of rotatable bonds is 3. The summed E-state index contributed by atoms with van der Waals surface area (Å²) >= 11 is 0. The topological polar surface area (TPSA) is 56.7 Å². The molecule has 6 heteroatoms. The van der Waals surface area contributed by atoms with Crippen LogP contribution in [0.15, 0.2) is 4.99 Å². The first-order valence-electron chi connectivity index (χ1n) is 5.96. The summed E-state index contributed by atoms with van der Waals surface area (Å²) in [6.45, 7) is 6.43. The number of carbonyl (C=O) groups is 1. The molecule has 100 valence electrons. The summed E-state index contributed by atoms with van der Waals surface area (Å²) in [5.41, 5.74) is 0. The van der Waals surface area contributed by atoms with Crippen LogP contribution in [0.4, 0.5) is 0 Å². The van der Waals surface area contributed by atoms with Gasteiger partial charge in [-0.15, -0.1) is 24.0 Å². The molecule has 0 saturated carbocycles. The Hall–Kier alpha value is -0.530. The van der Waals surface area contributed by atoms with E-state index in [0.717, 1.165) is 32.0 Å². The molecule has 0 bridgehead atoms. The standard InChI is InChI=1S/C11H22N4O.HI/c1-4-10(16)15-7-6-9(8-15)14-11(12-3)13-5-2;/h9H,4-8H2,1-3H3,(H2,12,13,14);1H. The van der Waals surface area contributed by atoms with Crippen LogP contribution in [0.3, 0.4) is 0 Å². The van der Waals surface area contributed by atoms with Gasteiger partial charge in [-0.3, -0.25) is 9.79 Å². The zero-order valence-electron chi connectivity index (χ0n) is 10.8. The minimum Gasteiger partial charge on any atom is -0.357 e. The summed E-state index contributed by atoms with van der Waals surface area (Å²) in [6, 6.07) is 0.327. The van der Waals surface area contributed by atoms with E-state index in [-0.39, 0.29) is 29.9 Å². The third kappa shape index (κ3) is 5.10. The lowest BCUT2D eigenvalue weighted by Gasteiger charge is -2.18. The molecule has 1 heterocycles. The van der Waals surface area contributed by atoms with Gasteiger partial charge in [0.25, 0.3) is 0 Å². The van der Waals surface area contributed by atoms with Crippen molar-refractivity contribution in [3.8, 4) is 0 Å². The molecule has 1 aliphatic heterocycles. The van der Waals surface area contributed by atoms with Crippen molar-refractivity contribution in [2.75, 3.05) is 26.7 Å². The normalized spacial score (nSPS) is 19.8. The summed E-state index contributed by atoms with van der Waals surface area (Å²) in [4.78, 5) is 17.5. The van der Waals surface area contributed by atoms with Gasteiger partial charge in [-0.2, -0.15) is 0 Å². The maximum atomic E-state index is 11.5. The number of carbonyl (C=O) groups excluding carboxylic acids is 1. The largest absolute Gasteiger partial charge is 0.357 e. The molecular weight excluding hydrogens is 331 g/mol. The summed E-state index contributed by atoms with van der Waals surface area (Å²) < 4.78 is 0. The van der Waals surface area contributed by atoms with E-state index in [0.29, 0.717) is 12.5 Å². The van der Waals surface area contributed by atoms with Crippen LogP contribution in [0.1, 0.15) is 26.7 Å². The van der Waals surface area contributed by atoms with Crippen molar-refractivity contribution in [2.45, 2.75) is 32.7 Å². The predicted octanol–water partition coefficient (Wildman–Crippen LogP) is 0.800. The van der Waals surface area contributed by atoms with Gasteiger partial charge in [-0.1, -0.05) is 6.92 Å². The van der Waals surface area contributed by atoms with Crippen LogP contribution < -0.4 is 10.6 Å². The highest BCUT2D eigenvalue weighted by atomic mass is 127. The molecule has 17 heavy (non-hydrogen) atoms. The highest BCUT2D eigenvalue weighted by molar-refractivity contribution is 14.0. The first-order valence-corrected chi connectivity index (χ1v) is 5.96. The van der Waals surface area contributed by atoms with Gasteiger partial charge in [0.1, 0.15) is 0 Å². The molecule has 0 radical (unpaired) electrons. The van der Waals surface area contributed by atoms with E-state index in [4.69, 9.17) is 0 Å². The Morgan fingerprint density at radius 1 is 1.47 bits per heavy atom.